The van der Waals surface area contributed by atoms with E-state index in [2.05, 4.69) is 14.9 Å². The lowest BCUT2D eigenvalue weighted by molar-refractivity contribution is -0.274. The zero-order chi connectivity index (χ0) is 20.3. The monoisotopic (exact) mass is 396 g/mol. The SMILES string of the molecule is Cc1ccc(C(=O)OCc2nc(-c3ccc(OC(F)(F)F)cc3)no2)cc1F. The number of hydrogen-bond donors (Lipinski definition) is 0. The maximum atomic E-state index is 13.5. The first-order valence-corrected chi connectivity index (χ1v) is 7.83. The zero-order valence-electron chi connectivity index (χ0n) is 14.3. The Bertz CT molecular complexity index is 984. The van der Waals surface area contributed by atoms with Gasteiger partial charge in [-0.3, -0.25) is 0 Å². The molecule has 0 aliphatic rings. The van der Waals surface area contributed by atoms with E-state index in [1.165, 1.54) is 24.3 Å². The summed E-state index contributed by atoms with van der Waals surface area (Å²) in [5, 5.41) is 3.67. The van der Waals surface area contributed by atoms with E-state index in [1.54, 1.807) is 6.92 Å². The van der Waals surface area contributed by atoms with E-state index in [9.17, 15) is 22.4 Å². The van der Waals surface area contributed by atoms with E-state index in [-0.39, 0.29) is 29.6 Å². The van der Waals surface area contributed by atoms with Gasteiger partial charge in [0.25, 0.3) is 5.89 Å². The first-order valence-electron chi connectivity index (χ1n) is 7.83. The highest BCUT2D eigenvalue weighted by Crippen LogP contribution is 2.25. The third kappa shape index (κ3) is 4.84. The summed E-state index contributed by atoms with van der Waals surface area (Å²) in [6.07, 6.45) is -4.79. The molecule has 3 rings (SSSR count). The Morgan fingerprint density at radius 1 is 1.14 bits per heavy atom. The van der Waals surface area contributed by atoms with Crippen LogP contribution < -0.4 is 4.74 Å². The molecule has 0 bridgehead atoms. The van der Waals surface area contributed by atoms with Crippen LogP contribution in [-0.4, -0.2) is 22.5 Å². The van der Waals surface area contributed by atoms with Crippen molar-refractivity contribution < 1.29 is 36.4 Å². The summed E-state index contributed by atoms with van der Waals surface area (Å²) in [5.74, 6) is -1.64. The first kappa shape index (κ1) is 19.3. The Hall–Kier alpha value is -3.43. The molecule has 3 aromatic rings. The molecule has 0 saturated heterocycles. The standard InChI is InChI=1S/C18H12F4N2O4/c1-10-2-3-12(8-14(10)19)17(25)26-9-15-23-16(24-28-15)11-4-6-13(7-5-11)27-18(20,21)22/h2-8H,9H2,1H3. The molecule has 0 fully saturated rings. The number of carbonyl (C=O) groups excluding carboxylic acids is 1. The van der Waals surface area contributed by atoms with Crippen LogP contribution in [0.2, 0.25) is 0 Å². The molecule has 0 aliphatic heterocycles. The van der Waals surface area contributed by atoms with Crippen LogP contribution in [0.25, 0.3) is 11.4 Å². The summed E-state index contributed by atoms with van der Waals surface area (Å²) in [5.41, 5.74) is 0.796. The predicted molar refractivity (Wildman–Crippen MR) is 86.7 cm³/mol. The fourth-order valence-corrected chi connectivity index (χ4v) is 2.17. The second-order valence-corrected chi connectivity index (χ2v) is 5.62. The molecule has 6 nitrogen and oxygen atoms in total. The van der Waals surface area contributed by atoms with Crippen molar-refractivity contribution >= 4 is 5.97 Å². The maximum Gasteiger partial charge on any atom is 0.573 e. The van der Waals surface area contributed by atoms with Crippen LogP contribution in [0.5, 0.6) is 5.75 Å². The molecule has 0 saturated carbocycles. The van der Waals surface area contributed by atoms with Crippen LogP contribution in [0.3, 0.4) is 0 Å². The van der Waals surface area contributed by atoms with Gasteiger partial charge in [0.05, 0.1) is 5.56 Å². The summed E-state index contributed by atoms with van der Waals surface area (Å²) < 4.78 is 63.7. The first-order chi connectivity index (χ1) is 13.2. The number of hydrogen-bond acceptors (Lipinski definition) is 6. The fraction of sp³-hybridized carbons (Fsp3) is 0.167. The van der Waals surface area contributed by atoms with Gasteiger partial charge in [-0.15, -0.1) is 13.2 Å². The molecule has 0 radical (unpaired) electrons. The van der Waals surface area contributed by atoms with Gasteiger partial charge >= 0.3 is 12.3 Å². The Balaban J connectivity index is 1.62. The van der Waals surface area contributed by atoms with Gasteiger partial charge in [-0.25, -0.2) is 9.18 Å². The third-order valence-electron chi connectivity index (χ3n) is 3.55. The quantitative estimate of drug-likeness (QED) is 0.469. The van der Waals surface area contributed by atoms with Gasteiger partial charge in [0.1, 0.15) is 11.6 Å². The Labute approximate surface area is 155 Å². The van der Waals surface area contributed by atoms with Crippen molar-refractivity contribution in [2.75, 3.05) is 0 Å². The second-order valence-electron chi connectivity index (χ2n) is 5.62. The number of aryl methyl sites for hydroxylation is 1. The molecular weight excluding hydrogens is 384 g/mol. The molecule has 0 spiro atoms. The summed E-state index contributed by atoms with van der Waals surface area (Å²) in [6.45, 7) is 1.21. The lowest BCUT2D eigenvalue weighted by Crippen LogP contribution is -2.16. The molecule has 0 unspecified atom stereocenters. The van der Waals surface area contributed by atoms with Crippen LogP contribution in [0, 0.1) is 12.7 Å². The van der Waals surface area contributed by atoms with Crippen molar-refractivity contribution in [2.24, 2.45) is 0 Å². The van der Waals surface area contributed by atoms with Gasteiger partial charge < -0.3 is 14.0 Å². The molecule has 0 aliphatic carbocycles. The fourth-order valence-electron chi connectivity index (χ4n) is 2.17. The van der Waals surface area contributed by atoms with E-state index in [0.717, 1.165) is 18.2 Å². The smallest absolute Gasteiger partial charge is 0.452 e. The summed E-state index contributed by atoms with van der Waals surface area (Å²) in [4.78, 5) is 15.9. The molecule has 28 heavy (non-hydrogen) atoms. The van der Waals surface area contributed by atoms with Gasteiger partial charge in [-0.05, 0) is 48.9 Å². The molecule has 0 N–H and O–H groups in total. The Morgan fingerprint density at radius 3 is 2.50 bits per heavy atom. The van der Waals surface area contributed by atoms with Gasteiger partial charge in [-0.1, -0.05) is 11.2 Å². The lowest BCUT2D eigenvalue weighted by atomic mass is 10.1. The average molecular weight is 396 g/mol. The van der Waals surface area contributed by atoms with Crippen molar-refractivity contribution in [3.8, 4) is 17.1 Å². The highest BCUT2D eigenvalue weighted by molar-refractivity contribution is 5.89. The van der Waals surface area contributed by atoms with E-state index < -0.39 is 18.1 Å². The van der Waals surface area contributed by atoms with Crippen LogP contribution in [0.1, 0.15) is 21.8 Å². The number of alkyl halides is 3. The number of esters is 1. The minimum absolute atomic E-state index is 0.0306. The molecule has 10 heteroatoms. The third-order valence-corrected chi connectivity index (χ3v) is 3.55. The number of rotatable bonds is 5. The summed E-state index contributed by atoms with van der Waals surface area (Å²) in [6, 6.07) is 8.76. The number of nitrogens with zero attached hydrogens (tertiary/aromatic N) is 2. The minimum atomic E-state index is -4.79. The highest BCUT2D eigenvalue weighted by Gasteiger charge is 2.31. The number of aromatic nitrogens is 2. The van der Waals surface area contributed by atoms with Crippen molar-refractivity contribution in [3.05, 3.63) is 65.3 Å². The van der Waals surface area contributed by atoms with Crippen molar-refractivity contribution in [2.45, 2.75) is 19.9 Å². The average Bonchev–Trinajstić information content (AvgIpc) is 3.10. The normalized spacial score (nSPS) is 11.3. The van der Waals surface area contributed by atoms with Gasteiger partial charge in [0.2, 0.25) is 5.82 Å². The lowest BCUT2D eigenvalue weighted by Gasteiger charge is -2.08. The number of halogens is 4. The van der Waals surface area contributed by atoms with Crippen LogP contribution in [0.15, 0.2) is 47.0 Å². The number of benzene rings is 2. The zero-order valence-corrected chi connectivity index (χ0v) is 14.3. The van der Waals surface area contributed by atoms with Gasteiger partial charge in [-0.2, -0.15) is 4.98 Å². The van der Waals surface area contributed by atoms with E-state index >= 15 is 0 Å². The number of ether oxygens (including phenoxy) is 2. The van der Waals surface area contributed by atoms with Gasteiger partial charge in [0.15, 0.2) is 6.61 Å². The Morgan fingerprint density at radius 2 is 1.86 bits per heavy atom. The molecule has 146 valence electrons. The van der Waals surface area contributed by atoms with E-state index in [0.29, 0.717) is 11.1 Å². The molecule has 0 amide bonds. The van der Waals surface area contributed by atoms with Crippen LogP contribution in [0.4, 0.5) is 17.6 Å². The molecule has 1 aromatic heterocycles. The van der Waals surface area contributed by atoms with Gasteiger partial charge in [0, 0.05) is 5.56 Å². The van der Waals surface area contributed by atoms with Crippen molar-refractivity contribution in [1.29, 1.82) is 0 Å². The molecule has 1 heterocycles. The summed E-state index contributed by atoms with van der Waals surface area (Å²) >= 11 is 0. The maximum absolute atomic E-state index is 13.5. The van der Waals surface area contributed by atoms with E-state index in [4.69, 9.17) is 9.26 Å². The molecule has 2 aromatic carbocycles. The molecular formula is C18H12F4N2O4. The largest absolute Gasteiger partial charge is 0.573 e. The number of carbonyl (C=O) groups is 1. The predicted octanol–water partition coefficient (Wildman–Crippen LogP) is 4.44. The van der Waals surface area contributed by atoms with Crippen LogP contribution in [-0.2, 0) is 11.3 Å². The molecule has 0 atom stereocenters. The van der Waals surface area contributed by atoms with Crippen molar-refractivity contribution in [1.82, 2.24) is 10.1 Å². The van der Waals surface area contributed by atoms with Crippen molar-refractivity contribution in [3.63, 3.8) is 0 Å². The van der Waals surface area contributed by atoms with Crippen LogP contribution >= 0.6 is 0 Å². The second kappa shape index (κ2) is 7.67. The van der Waals surface area contributed by atoms with E-state index in [1.807, 2.05) is 0 Å². The highest BCUT2D eigenvalue weighted by atomic mass is 19.4. The minimum Gasteiger partial charge on any atom is -0.452 e. The Kier molecular flexibility index (Phi) is 5.30. The summed E-state index contributed by atoms with van der Waals surface area (Å²) in [7, 11) is 0. The topological polar surface area (TPSA) is 74.5 Å².